The van der Waals surface area contributed by atoms with Crippen molar-refractivity contribution in [3.8, 4) is 0 Å². The molecule has 3 heteroatoms. The Kier molecular flexibility index (Phi) is 6.33. The summed E-state index contributed by atoms with van der Waals surface area (Å²) < 4.78 is 4.99. The summed E-state index contributed by atoms with van der Waals surface area (Å²) >= 11 is 0. The van der Waals surface area contributed by atoms with Gasteiger partial charge in [-0.25, -0.2) is 0 Å². The Morgan fingerprint density at radius 3 is 2.36 bits per heavy atom. The van der Waals surface area contributed by atoms with Crippen molar-refractivity contribution in [2.75, 3.05) is 20.3 Å². The molecule has 2 unspecified atom stereocenters. The number of nitrogens with one attached hydrogen (secondary N) is 1. The molecular formula is C11H25NO2. The van der Waals surface area contributed by atoms with Gasteiger partial charge < -0.3 is 15.2 Å². The van der Waals surface area contributed by atoms with Crippen molar-refractivity contribution in [2.24, 2.45) is 5.92 Å². The third kappa shape index (κ3) is 5.58. The number of methoxy groups -OCH3 is 1. The van der Waals surface area contributed by atoms with E-state index in [1.807, 2.05) is 20.8 Å². The van der Waals surface area contributed by atoms with E-state index in [0.29, 0.717) is 12.6 Å². The largest absolute Gasteiger partial charge is 0.389 e. The molecule has 0 aliphatic heterocycles. The summed E-state index contributed by atoms with van der Waals surface area (Å²) in [6.45, 7) is 9.43. The summed E-state index contributed by atoms with van der Waals surface area (Å²) in [7, 11) is 1.71. The normalized spacial score (nSPS) is 18.2. The van der Waals surface area contributed by atoms with Crippen LogP contribution in [0.3, 0.4) is 0 Å². The molecule has 0 aliphatic rings. The molecule has 3 nitrogen and oxygen atoms in total. The standard InChI is InChI=1S/C11H25NO2/c1-9(2)11(4,13)8-12-10(3)6-7-14-5/h9-10,12-13H,6-8H2,1-5H3. The summed E-state index contributed by atoms with van der Waals surface area (Å²) in [5.74, 6) is 0.268. The molecule has 0 saturated heterocycles. The van der Waals surface area contributed by atoms with E-state index in [1.165, 1.54) is 0 Å². The number of hydrogen-bond acceptors (Lipinski definition) is 3. The maximum absolute atomic E-state index is 9.97. The van der Waals surface area contributed by atoms with Crippen molar-refractivity contribution in [1.29, 1.82) is 0 Å². The number of rotatable bonds is 7. The van der Waals surface area contributed by atoms with Gasteiger partial charge in [0.1, 0.15) is 0 Å². The van der Waals surface area contributed by atoms with Crippen LogP contribution in [0, 0.1) is 5.92 Å². The van der Waals surface area contributed by atoms with Crippen molar-refractivity contribution in [2.45, 2.75) is 45.8 Å². The minimum Gasteiger partial charge on any atom is -0.389 e. The second-order valence-corrected chi connectivity index (χ2v) is 4.58. The van der Waals surface area contributed by atoms with E-state index in [2.05, 4.69) is 12.2 Å². The molecule has 86 valence electrons. The first-order valence-electron chi connectivity index (χ1n) is 5.35. The summed E-state index contributed by atoms with van der Waals surface area (Å²) in [5, 5.41) is 13.3. The van der Waals surface area contributed by atoms with E-state index in [0.717, 1.165) is 13.0 Å². The molecule has 0 spiro atoms. The van der Waals surface area contributed by atoms with E-state index in [-0.39, 0.29) is 5.92 Å². The first kappa shape index (κ1) is 13.9. The van der Waals surface area contributed by atoms with Crippen LogP contribution in [0.5, 0.6) is 0 Å². The van der Waals surface area contributed by atoms with Gasteiger partial charge in [0.2, 0.25) is 0 Å². The second-order valence-electron chi connectivity index (χ2n) is 4.58. The van der Waals surface area contributed by atoms with Crippen LogP contribution in [0.4, 0.5) is 0 Å². The first-order valence-corrected chi connectivity index (χ1v) is 5.35. The Balaban J connectivity index is 3.70. The number of aliphatic hydroxyl groups is 1. The average molecular weight is 203 g/mol. The highest BCUT2D eigenvalue weighted by molar-refractivity contribution is 4.80. The molecule has 2 atom stereocenters. The fourth-order valence-corrected chi connectivity index (χ4v) is 0.982. The van der Waals surface area contributed by atoms with Crippen LogP contribution in [-0.4, -0.2) is 37.0 Å². The van der Waals surface area contributed by atoms with E-state index in [4.69, 9.17) is 4.74 Å². The SMILES string of the molecule is COCCC(C)NCC(C)(O)C(C)C. The van der Waals surface area contributed by atoms with Crippen LogP contribution >= 0.6 is 0 Å². The second kappa shape index (κ2) is 6.38. The van der Waals surface area contributed by atoms with Crippen molar-refractivity contribution >= 4 is 0 Å². The molecule has 2 N–H and O–H groups in total. The third-order valence-corrected chi connectivity index (χ3v) is 2.81. The molecule has 0 fully saturated rings. The molecule has 0 heterocycles. The topological polar surface area (TPSA) is 41.5 Å². The van der Waals surface area contributed by atoms with Gasteiger partial charge in [-0.05, 0) is 26.2 Å². The van der Waals surface area contributed by atoms with Crippen LogP contribution in [0.15, 0.2) is 0 Å². The van der Waals surface area contributed by atoms with Crippen molar-refractivity contribution in [1.82, 2.24) is 5.32 Å². The first-order chi connectivity index (χ1) is 6.40. The molecule has 14 heavy (non-hydrogen) atoms. The highest BCUT2D eigenvalue weighted by Gasteiger charge is 2.24. The molecule has 0 amide bonds. The van der Waals surface area contributed by atoms with Crippen molar-refractivity contribution in [3.63, 3.8) is 0 Å². The van der Waals surface area contributed by atoms with E-state index < -0.39 is 5.60 Å². The summed E-state index contributed by atoms with van der Waals surface area (Å²) in [5.41, 5.74) is -0.624. The average Bonchev–Trinajstić information content (AvgIpc) is 2.11. The maximum Gasteiger partial charge on any atom is 0.0766 e. The smallest absolute Gasteiger partial charge is 0.0766 e. The lowest BCUT2D eigenvalue weighted by molar-refractivity contribution is 0.0114. The lowest BCUT2D eigenvalue weighted by Gasteiger charge is -2.29. The molecular weight excluding hydrogens is 178 g/mol. The van der Waals surface area contributed by atoms with Gasteiger partial charge in [-0.3, -0.25) is 0 Å². The van der Waals surface area contributed by atoms with Crippen LogP contribution < -0.4 is 5.32 Å². The minimum absolute atomic E-state index is 0.268. The molecule has 0 aliphatic carbocycles. The predicted molar refractivity (Wildman–Crippen MR) is 59.4 cm³/mol. The molecule has 0 saturated carbocycles. The van der Waals surface area contributed by atoms with Gasteiger partial charge in [0.25, 0.3) is 0 Å². The Morgan fingerprint density at radius 1 is 1.36 bits per heavy atom. The van der Waals surface area contributed by atoms with Gasteiger partial charge in [0.05, 0.1) is 5.60 Å². The van der Waals surface area contributed by atoms with Crippen LogP contribution in [0.25, 0.3) is 0 Å². The highest BCUT2D eigenvalue weighted by atomic mass is 16.5. The van der Waals surface area contributed by atoms with E-state index in [9.17, 15) is 5.11 Å². The molecule has 0 bridgehead atoms. The number of hydrogen-bond donors (Lipinski definition) is 2. The lowest BCUT2D eigenvalue weighted by atomic mass is 9.92. The quantitative estimate of drug-likeness (QED) is 0.657. The van der Waals surface area contributed by atoms with E-state index in [1.54, 1.807) is 7.11 Å². The van der Waals surface area contributed by atoms with Crippen LogP contribution in [-0.2, 0) is 4.74 Å². The fraction of sp³-hybridized carbons (Fsp3) is 1.00. The van der Waals surface area contributed by atoms with Gasteiger partial charge in [-0.15, -0.1) is 0 Å². The monoisotopic (exact) mass is 203 g/mol. The molecule has 0 radical (unpaired) electrons. The Morgan fingerprint density at radius 2 is 1.93 bits per heavy atom. The highest BCUT2D eigenvalue weighted by Crippen LogP contribution is 2.14. The van der Waals surface area contributed by atoms with Gasteiger partial charge in [-0.2, -0.15) is 0 Å². The van der Waals surface area contributed by atoms with Crippen LogP contribution in [0.2, 0.25) is 0 Å². The third-order valence-electron chi connectivity index (χ3n) is 2.81. The zero-order valence-corrected chi connectivity index (χ0v) is 10.1. The van der Waals surface area contributed by atoms with Gasteiger partial charge in [0.15, 0.2) is 0 Å². The predicted octanol–water partition coefficient (Wildman–Crippen LogP) is 1.41. The van der Waals surface area contributed by atoms with Gasteiger partial charge >= 0.3 is 0 Å². The molecule has 0 rings (SSSR count). The summed E-state index contributed by atoms with van der Waals surface area (Å²) in [6.07, 6.45) is 0.977. The van der Waals surface area contributed by atoms with Crippen molar-refractivity contribution in [3.05, 3.63) is 0 Å². The Labute approximate surface area is 87.8 Å². The fourth-order valence-electron chi connectivity index (χ4n) is 0.982. The minimum atomic E-state index is -0.624. The summed E-state index contributed by atoms with van der Waals surface area (Å²) in [6, 6.07) is 0.389. The molecule has 0 aromatic rings. The van der Waals surface area contributed by atoms with E-state index >= 15 is 0 Å². The van der Waals surface area contributed by atoms with Crippen molar-refractivity contribution < 1.29 is 9.84 Å². The van der Waals surface area contributed by atoms with Crippen LogP contribution in [0.1, 0.15) is 34.1 Å². The Bertz CT molecular complexity index is 146. The number of ether oxygens (including phenoxy) is 1. The lowest BCUT2D eigenvalue weighted by Crippen LogP contribution is -2.45. The maximum atomic E-state index is 9.97. The van der Waals surface area contributed by atoms with Gasteiger partial charge in [-0.1, -0.05) is 13.8 Å². The zero-order valence-electron chi connectivity index (χ0n) is 10.1. The molecule has 0 aromatic heterocycles. The molecule has 0 aromatic carbocycles. The van der Waals surface area contributed by atoms with Gasteiger partial charge in [0, 0.05) is 26.3 Å². The Hall–Kier alpha value is -0.120. The zero-order chi connectivity index (χ0) is 11.2. The summed E-state index contributed by atoms with van der Waals surface area (Å²) in [4.78, 5) is 0.